The lowest BCUT2D eigenvalue weighted by Crippen LogP contribution is -2.44. The number of rotatable bonds is 9. The van der Waals surface area contributed by atoms with Crippen molar-refractivity contribution in [3.05, 3.63) is 51.9 Å². The summed E-state index contributed by atoms with van der Waals surface area (Å²) in [6.45, 7) is 3.05. The molecule has 0 radical (unpaired) electrons. The largest absolute Gasteiger partial charge is 0.467 e. The van der Waals surface area contributed by atoms with Crippen molar-refractivity contribution in [1.29, 1.82) is 0 Å². The predicted octanol–water partition coefficient (Wildman–Crippen LogP) is 2.77. The van der Waals surface area contributed by atoms with Gasteiger partial charge in [-0.1, -0.05) is 30.3 Å². The van der Waals surface area contributed by atoms with Gasteiger partial charge in [-0.3, -0.25) is 9.59 Å². The second-order valence-corrected chi connectivity index (χ2v) is 8.88. The molecule has 0 aliphatic heterocycles. The van der Waals surface area contributed by atoms with E-state index in [2.05, 4.69) is 10.6 Å². The molecule has 9 heteroatoms. The van der Waals surface area contributed by atoms with Gasteiger partial charge in [-0.15, -0.1) is 11.3 Å². The fourth-order valence-electron chi connectivity index (χ4n) is 3.14. The van der Waals surface area contributed by atoms with Crippen LogP contribution in [0.15, 0.2) is 30.3 Å². The lowest BCUT2D eigenvalue weighted by molar-refractivity contribution is -0.145. The number of anilines is 1. The maximum absolute atomic E-state index is 12.7. The molecule has 0 spiro atoms. The van der Waals surface area contributed by atoms with Crippen LogP contribution in [0.5, 0.6) is 0 Å². The van der Waals surface area contributed by atoms with Gasteiger partial charge in [-0.2, -0.15) is 0 Å². The van der Waals surface area contributed by atoms with E-state index in [9.17, 15) is 19.2 Å². The Morgan fingerprint density at radius 2 is 1.81 bits per heavy atom. The van der Waals surface area contributed by atoms with E-state index in [0.29, 0.717) is 10.6 Å². The fourth-order valence-corrected chi connectivity index (χ4v) is 4.20. The summed E-state index contributed by atoms with van der Waals surface area (Å²) < 4.78 is 9.97. The molecule has 32 heavy (non-hydrogen) atoms. The Labute approximate surface area is 190 Å². The number of nitrogens with one attached hydrogen (secondary N) is 2. The summed E-state index contributed by atoms with van der Waals surface area (Å²) in [6, 6.07) is 8.27. The summed E-state index contributed by atoms with van der Waals surface area (Å²) in [5, 5.41) is 5.79. The molecule has 1 fully saturated rings. The highest BCUT2D eigenvalue weighted by Gasteiger charge is 2.32. The molecule has 1 aromatic carbocycles. The van der Waals surface area contributed by atoms with E-state index in [1.54, 1.807) is 6.92 Å². The normalized spacial score (nSPS) is 13.7. The average Bonchev–Trinajstić information content (AvgIpc) is 3.59. The summed E-state index contributed by atoms with van der Waals surface area (Å²) in [5.74, 6) is -2.04. The van der Waals surface area contributed by atoms with Crippen LogP contribution in [0, 0.1) is 19.8 Å². The van der Waals surface area contributed by atoms with E-state index in [-0.39, 0.29) is 23.8 Å². The monoisotopic (exact) mass is 458 g/mol. The molecule has 1 heterocycles. The minimum absolute atomic E-state index is 0.00719. The quantitative estimate of drug-likeness (QED) is 0.559. The summed E-state index contributed by atoms with van der Waals surface area (Å²) in [5.41, 5.74) is 1.80. The third-order valence-electron chi connectivity index (χ3n) is 5.21. The first-order valence-electron chi connectivity index (χ1n) is 10.3. The van der Waals surface area contributed by atoms with Crippen molar-refractivity contribution in [2.24, 2.45) is 5.92 Å². The smallest absolute Gasteiger partial charge is 0.341 e. The zero-order valence-corrected chi connectivity index (χ0v) is 19.0. The lowest BCUT2D eigenvalue weighted by Gasteiger charge is -2.16. The van der Waals surface area contributed by atoms with E-state index < -0.39 is 30.5 Å². The molecular weight excluding hydrogens is 432 g/mol. The van der Waals surface area contributed by atoms with Gasteiger partial charge in [0.2, 0.25) is 5.91 Å². The number of benzene rings is 1. The zero-order valence-electron chi connectivity index (χ0n) is 18.2. The molecule has 1 aliphatic carbocycles. The van der Waals surface area contributed by atoms with Crippen LogP contribution in [0.25, 0.3) is 0 Å². The minimum Gasteiger partial charge on any atom is -0.467 e. The van der Waals surface area contributed by atoms with Crippen molar-refractivity contribution in [1.82, 2.24) is 5.32 Å². The summed E-state index contributed by atoms with van der Waals surface area (Å²) in [7, 11) is 1.24. The van der Waals surface area contributed by atoms with Crippen LogP contribution in [0.3, 0.4) is 0 Å². The van der Waals surface area contributed by atoms with Crippen molar-refractivity contribution < 1.29 is 28.7 Å². The highest BCUT2D eigenvalue weighted by Crippen LogP contribution is 2.36. The number of carbonyl (C=O) groups excluding carboxylic acids is 4. The molecule has 1 unspecified atom stereocenters. The van der Waals surface area contributed by atoms with Gasteiger partial charge < -0.3 is 20.1 Å². The molecule has 3 rings (SSSR count). The topological polar surface area (TPSA) is 111 Å². The highest BCUT2D eigenvalue weighted by molar-refractivity contribution is 7.16. The number of thiophene rings is 1. The van der Waals surface area contributed by atoms with Gasteiger partial charge in [-0.25, -0.2) is 9.59 Å². The minimum atomic E-state index is -0.910. The molecule has 170 valence electrons. The molecule has 1 atom stereocenters. The second kappa shape index (κ2) is 10.4. The van der Waals surface area contributed by atoms with Crippen molar-refractivity contribution in [2.45, 2.75) is 39.2 Å². The fraction of sp³-hybridized carbons (Fsp3) is 0.391. The number of esters is 2. The number of hydrogen-bond acceptors (Lipinski definition) is 7. The molecule has 2 N–H and O–H groups in total. The van der Waals surface area contributed by atoms with Crippen LogP contribution in [0.2, 0.25) is 0 Å². The Hall–Kier alpha value is -3.20. The van der Waals surface area contributed by atoms with Crippen LogP contribution in [-0.2, 0) is 30.3 Å². The maximum atomic E-state index is 12.7. The summed E-state index contributed by atoms with van der Waals surface area (Å²) in [4.78, 5) is 50.2. The Morgan fingerprint density at radius 1 is 1.12 bits per heavy atom. The highest BCUT2D eigenvalue weighted by atomic mass is 32.1. The van der Waals surface area contributed by atoms with Gasteiger partial charge in [0, 0.05) is 17.2 Å². The number of hydrogen-bond donors (Lipinski definition) is 2. The number of ether oxygens (including phenoxy) is 2. The Balaban J connectivity index is 1.61. The van der Waals surface area contributed by atoms with Crippen LogP contribution >= 0.6 is 11.3 Å². The molecule has 1 aliphatic rings. The summed E-state index contributed by atoms with van der Waals surface area (Å²) in [6.07, 6.45) is 1.94. The molecule has 0 bridgehead atoms. The third-order valence-corrected chi connectivity index (χ3v) is 6.33. The lowest BCUT2D eigenvalue weighted by atomic mass is 10.1. The Morgan fingerprint density at radius 3 is 2.44 bits per heavy atom. The van der Waals surface area contributed by atoms with Crippen molar-refractivity contribution in [3.63, 3.8) is 0 Å². The van der Waals surface area contributed by atoms with Gasteiger partial charge in [0.1, 0.15) is 11.0 Å². The van der Waals surface area contributed by atoms with E-state index in [4.69, 9.17) is 9.47 Å². The molecule has 2 aromatic rings. The van der Waals surface area contributed by atoms with E-state index in [0.717, 1.165) is 23.3 Å². The van der Waals surface area contributed by atoms with E-state index >= 15 is 0 Å². The van der Waals surface area contributed by atoms with Gasteiger partial charge in [0.25, 0.3) is 5.91 Å². The van der Waals surface area contributed by atoms with Crippen molar-refractivity contribution in [2.75, 3.05) is 19.0 Å². The molecule has 8 nitrogen and oxygen atoms in total. The third kappa shape index (κ3) is 5.94. The van der Waals surface area contributed by atoms with E-state index in [1.807, 2.05) is 37.3 Å². The standard InChI is InChI=1S/C23H26N2O6S/c1-13-14(2)32-21(25-20(27)16-9-10-16)19(13)23(29)31-12-18(26)24-17(22(28)30-3)11-15-7-5-4-6-8-15/h4-8,16-17H,9-12H2,1-3H3,(H,24,26)(H,25,27). The van der Waals surface area contributed by atoms with E-state index in [1.165, 1.54) is 18.4 Å². The average molecular weight is 459 g/mol. The van der Waals surface area contributed by atoms with Gasteiger partial charge >= 0.3 is 11.9 Å². The zero-order chi connectivity index (χ0) is 23.3. The number of amides is 2. The molecule has 0 saturated heterocycles. The summed E-state index contributed by atoms with van der Waals surface area (Å²) >= 11 is 1.30. The predicted molar refractivity (Wildman–Crippen MR) is 120 cm³/mol. The number of methoxy groups -OCH3 is 1. The molecule has 1 aromatic heterocycles. The van der Waals surface area contributed by atoms with Crippen molar-refractivity contribution in [3.8, 4) is 0 Å². The first kappa shape index (κ1) is 23.5. The SMILES string of the molecule is COC(=O)C(Cc1ccccc1)NC(=O)COC(=O)c1c(NC(=O)C2CC2)sc(C)c1C. The number of carbonyl (C=O) groups is 4. The first-order chi connectivity index (χ1) is 15.3. The first-order valence-corrected chi connectivity index (χ1v) is 11.1. The maximum Gasteiger partial charge on any atom is 0.341 e. The van der Waals surface area contributed by atoms with Crippen molar-refractivity contribution >= 4 is 40.1 Å². The Kier molecular flexibility index (Phi) is 7.63. The second-order valence-electron chi connectivity index (χ2n) is 7.66. The Bertz CT molecular complexity index is 1010. The van der Waals surface area contributed by atoms with Crippen LogP contribution in [-0.4, -0.2) is 43.5 Å². The van der Waals surface area contributed by atoms with Crippen LogP contribution in [0.4, 0.5) is 5.00 Å². The van der Waals surface area contributed by atoms with Crippen LogP contribution < -0.4 is 10.6 Å². The van der Waals surface area contributed by atoms with Gasteiger partial charge in [-0.05, 0) is 37.8 Å². The van der Waals surface area contributed by atoms with Crippen LogP contribution in [0.1, 0.15) is 39.2 Å². The van der Waals surface area contributed by atoms with Gasteiger partial charge in [0.15, 0.2) is 6.61 Å². The number of aryl methyl sites for hydroxylation is 1. The molecule has 1 saturated carbocycles. The van der Waals surface area contributed by atoms with Gasteiger partial charge in [0.05, 0.1) is 12.7 Å². The molecule has 2 amide bonds. The molecular formula is C23H26N2O6S.